The van der Waals surface area contributed by atoms with Gasteiger partial charge in [0.1, 0.15) is 0 Å². The fraction of sp³-hybridized carbons (Fsp3) is 0.462. The highest BCUT2D eigenvalue weighted by molar-refractivity contribution is 9.11. The van der Waals surface area contributed by atoms with Crippen molar-refractivity contribution in [1.82, 2.24) is 25.5 Å². The van der Waals surface area contributed by atoms with Gasteiger partial charge in [0.2, 0.25) is 0 Å². The Morgan fingerprint density at radius 3 is 2.50 bits per heavy atom. The molecule has 7 heteroatoms. The van der Waals surface area contributed by atoms with E-state index in [1.165, 1.54) is 10.4 Å². The molecule has 0 saturated carbocycles. The van der Waals surface area contributed by atoms with Crippen LogP contribution in [0.15, 0.2) is 27.1 Å². The van der Waals surface area contributed by atoms with E-state index >= 15 is 0 Å². The van der Waals surface area contributed by atoms with Crippen LogP contribution >= 0.6 is 31.9 Å². The average molecular weight is 403 g/mol. The number of benzene rings is 1. The van der Waals surface area contributed by atoms with Crippen molar-refractivity contribution in [2.75, 3.05) is 6.54 Å². The molecule has 0 radical (unpaired) electrons. The van der Waals surface area contributed by atoms with E-state index in [9.17, 15) is 0 Å². The van der Waals surface area contributed by atoms with Crippen molar-refractivity contribution in [2.24, 2.45) is 7.05 Å². The van der Waals surface area contributed by atoms with Crippen molar-refractivity contribution in [1.29, 1.82) is 0 Å². The van der Waals surface area contributed by atoms with E-state index in [2.05, 4.69) is 71.6 Å². The number of nitrogens with zero attached hydrogens (tertiary/aromatic N) is 4. The first-order valence-electron chi connectivity index (χ1n) is 6.50. The quantitative estimate of drug-likeness (QED) is 0.806. The molecule has 0 saturated heterocycles. The SMILES string of the molecule is CCCNC(Cc1nnn(C)n1)c1cc(Br)cc(Br)c1. The Kier molecular flexibility index (Phi) is 5.68. The van der Waals surface area contributed by atoms with Crippen LogP contribution in [0.25, 0.3) is 0 Å². The fourth-order valence-corrected chi connectivity index (χ4v) is 3.32. The summed E-state index contributed by atoms with van der Waals surface area (Å²) in [5.74, 6) is 0.747. The maximum absolute atomic E-state index is 4.26. The Balaban J connectivity index is 2.21. The van der Waals surface area contributed by atoms with E-state index in [0.29, 0.717) is 0 Å². The predicted octanol–water partition coefficient (Wildman–Crippen LogP) is 3.02. The highest BCUT2D eigenvalue weighted by Crippen LogP contribution is 2.25. The Morgan fingerprint density at radius 1 is 1.25 bits per heavy atom. The van der Waals surface area contributed by atoms with Crippen LogP contribution in [0.3, 0.4) is 0 Å². The van der Waals surface area contributed by atoms with Gasteiger partial charge in [-0.05, 0) is 41.9 Å². The molecule has 0 bridgehead atoms. The van der Waals surface area contributed by atoms with Crippen LogP contribution in [0, 0.1) is 0 Å². The van der Waals surface area contributed by atoms with Crippen molar-refractivity contribution in [2.45, 2.75) is 25.8 Å². The lowest BCUT2D eigenvalue weighted by atomic mass is 10.0. The summed E-state index contributed by atoms with van der Waals surface area (Å²) in [6, 6.07) is 6.44. The first kappa shape index (κ1) is 15.6. The molecule has 1 aromatic carbocycles. The summed E-state index contributed by atoms with van der Waals surface area (Å²) in [6.45, 7) is 3.11. The summed E-state index contributed by atoms with van der Waals surface area (Å²) in [5, 5.41) is 15.8. The molecule has 0 aliphatic heterocycles. The molecule has 0 amide bonds. The number of rotatable bonds is 6. The van der Waals surface area contributed by atoms with Gasteiger partial charge in [-0.1, -0.05) is 38.8 Å². The number of aromatic nitrogens is 4. The van der Waals surface area contributed by atoms with E-state index in [1.807, 2.05) is 6.07 Å². The van der Waals surface area contributed by atoms with Gasteiger partial charge in [0, 0.05) is 21.4 Å². The molecule has 1 atom stereocenters. The first-order valence-corrected chi connectivity index (χ1v) is 8.09. The van der Waals surface area contributed by atoms with Crippen molar-refractivity contribution in [3.63, 3.8) is 0 Å². The number of nitrogens with one attached hydrogen (secondary N) is 1. The van der Waals surface area contributed by atoms with Gasteiger partial charge >= 0.3 is 0 Å². The van der Waals surface area contributed by atoms with Crippen molar-refractivity contribution < 1.29 is 0 Å². The lowest BCUT2D eigenvalue weighted by Gasteiger charge is -2.18. The van der Waals surface area contributed by atoms with Gasteiger partial charge in [0.25, 0.3) is 0 Å². The number of hydrogen-bond acceptors (Lipinski definition) is 4. The molecule has 2 aromatic rings. The molecular weight excluding hydrogens is 386 g/mol. The number of hydrogen-bond donors (Lipinski definition) is 1. The van der Waals surface area contributed by atoms with Gasteiger partial charge in [0.15, 0.2) is 5.82 Å². The lowest BCUT2D eigenvalue weighted by molar-refractivity contribution is 0.516. The van der Waals surface area contributed by atoms with Crippen LogP contribution in [0.2, 0.25) is 0 Å². The molecule has 0 fully saturated rings. The second kappa shape index (κ2) is 7.28. The molecule has 1 heterocycles. The van der Waals surface area contributed by atoms with Gasteiger partial charge in [-0.2, -0.15) is 4.80 Å². The zero-order chi connectivity index (χ0) is 14.5. The summed E-state index contributed by atoms with van der Waals surface area (Å²) >= 11 is 7.07. The molecule has 108 valence electrons. The molecule has 2 rings (SSSR count). The van der Waals surface area contributed by atoms with Crippen LogP contribution < -0.4 is 5.32 Å². The van der Waals surface area contributed by atoms with Crippen LogP contribution in [0.5, 0.6) is 0 Å². The fourth-order valence-electron chi connectivity index (χ4n) is 1.99. The van der Waals surface area contributed by atoms with Gasteiger partial charge in [0.05, 0.1) is 7.05 Å². The van der Waals surface area contributed by atoms with E-state index < -0.39 is 0 Å². The summed E-state index contributed by atoms with van der Waals surface area (Å²) < 4.78 is 2.11. The van der Waals surface area contributed by atoms with Crippen molar-refractivity contribution in [3.05, 3.63) is 38.5 Å². The van der Waals surface area contributed by atoms with Crippen molar-refractivity contribution >= 4 is 31.9 Å². The van der Waals surface area contributed by atoms with Gasteiger partial charge in [-0.3, -0.25) is 0 Å². The number of aryl methyl sites for hydroxylation is 1. The van der Waals surface area contributed by atoms with Gasteiger partial charge in [-0.15, -0.1) is 10.2 Å². The summed E-state index contributed by atoms with van der Waals surface area (Å²) in [6.07, 6.45) is 1.80. The predicted molar refractivity (Wildman–Crippen MR) is 85.4 cm³/mol. The van der Waals surface area contributed by atoms with E-state index in [-0.39, 0.29) is 6.04 Å². The van der Waals surface area contributed by atoms with E-state index in [4.69, 9.17) is 0 Å². The Hall–Kier alpha value is -0.790. The molecule has 5 nitrogen and oxygen atoms in total. The lowest BCUT2D eigenvalue weighted by Crippen LogP contribution is -2.24. The summed E-state index contributed by atoms with van der Waals surface area (Å²) in [4.78, 5) is 1.49. The van der Waals surface area contributed by atoms with Crippen molar-refractivity contribution in [3.8, 4) is 0 Å². The van der Waals surface area contributed by atoms with Crippen LogP contribution in [0.4, 0.5) is 0 Å². The molecule has 0 aliphatic rings. The van der Waals surface area contributed by atoms with Crippen LogP contribution in [-0.4, -0.2) is 26.8 Å². The molecule has 0 spiro atoms. The molecule has 20 heavy (non-hydrogen) atoms. The molecule has 0 aliphatic carbocycles. The standard InChI is InChI=1S/C13H17Br2N5/c1-3-4-16-12(8-13-17-19-20(2)18-13)9-5-10(14)7-11(15)6-9/h5-7,12,16H,3-4,8H2,1-2H3. The zero-order valence-electron chi connectivity index (χ0n) is 11.5. The monoisotopic (exact) mass is 401 g/mol. The largest absolute Gasteiger partial charge is 0.310 e. The Labute approximate surface area is 135 Å². The minimum absolute atomic E-state index is 0.174. The minimum Gasteiger partial charge on any atom is -0.310 e. The third-order valence-corrected chi connectivity index (χ3v) is 3.78. The summed E-state index contributed by atoms with van der Waals surface area (Å²) in [5.41, 5.74) is 1.20. The number of halogens is 2. The molecular formula is C13H17Br2N5. The second-order valence-corrected chi connectivity index (χ2v) is 6.44. The summed E-state index contributed by atoms with van der Waals surface area (Å²) in [7, 11) is 1.78. The average Bonchev–Trinajstić information content (AvgIpc) is 2.79. The van der Waals surface area contributed by atoms with E-state index in [0.717, 1.165) is 34.2 Å². The third-order valence-electron chi connectivity index (χ3n) is 2.86. The number of tetrazole rings is 1. The third kappa shape index (κ3) is 4.36. The van der Waals surface area contributed by atoms with E-state index in [1.54, 1.807) is 7.05 Å². The maximum Gasteiger partial charge on any atom is 0.176 e. The van der Waals surface area contributed by atoms with Crippen LogP contribution in [-0.2, 0) is 13.5 Å². The minimum atomic E-state index is 0.174. The molecule has 1 N–H and O–H groups in total. The van der Waals surface area contributed by atoms with Gasteiger partial charge in [-0.25, -0.2) is 0 Å². The topological polar surface area (TPSA) is 55.6 Å². The van der Waals surface area contributed by atoms with Crippen LogP contribution in [0.1, 0.15) is 30.8 Å². The van der Waals surface area contributed by atoms with Gasteiger partial charge < -0.3 is 5.32 Å². The Morgan fingerprint density at radius 2 is 1.95 bits per heavy atom. The zero-order valence-corrected chi connectivity index (χ0v) is 14.6. The highest BCUT2D eigenvalue weighted by atomic mass is 79.9. The smallest absolute Gasteiger partial charge is 0.176 e. The molecule has 1 unspecified atom stereocenters. The highest BCUT2D eigenvalue weighted by Gasteiger charge is 2.15. The maximum atomic E-state index is 4.26. The molecule has 1 aromatic heterocycles. The first-order chi connectivity index (χ1) is 9.58. The second-order valence-electron chi connectivity index (χ2n) is 4.61. The Bertz CT molecular complexity index is 549. The normalized spacial score (nSPS) is 12.6.